The van der Waals surface area contributed by atoms with Gasteiger partial charge in [0.25, 0.3) is 0 Å². The van der Waals surface area contributed by atoms with Crippen LogP contribution in [0.2, 0.25) is 0 Å². The van der Waals surface area contributed by atoms with Crippen LogP contribution in [0, 0.1) is 0 Å². The van der Waals surface area contributed by atoms with Crippen molar-refractivity contribution in [1.82, 2.24) is 4.81 Å². The number of hydrogen-bond acceptors (Lipinski definition) is 1. The van der Waals surface area contributed by atoms with E-state index in [1.165, 1.54) is 12.8 Å². The molecule has 0 aromatic heterocycles. The topological polar surface area (TPSA) is 3.24 Å². The van der Waals surface area contributed by atoms with Crippen molar-refractivity contribution in [3.8, 4) is 0 Å². The zero-order chi connectivity index (χ0) is 4.41. The van der Waals surface area contributed by atoms with E-state index in [0.29, 0.717) is 0 Å². The summed E-state index contributed by atoms with van der Waals surface area (Å²) in [6.45, 7) is 2.19. The van der Waals surface area contributed by atoms with Crippen LogP contribution in [-0.2, 0) is 0 Å². The van der Waals surface area contributed by atoms with E-state index in [0.717, 1.165) is 13.1 Å². The summed E-state index contributed by atoms with van der Waals surface area (Å²) < 4.78 is 0. The molecule has 7 heavy (non-hydrogen) atoms. The zero-order valence-electron chi connectivity index (χ0n) is 5.85. The molecular weight excluding hydrogens is 79.8 g/mol. The Morgan fingerprint density at radius 1 is 1.29 bits per heavy atom. The van der Waals surface area contributed by atoms with E-state index >= 15 is 0 Å². The molecule has 0 aliphatic carbocycles. The maximum absolute atomic E-state index is 5.37. The Morgan fingerprint density at radius 3 is 1.86 bits per heavy atom. The molecule has 1 saturated heterocycles. The van der Waals surface area contributed by atoms with Crippen LogP contribution in [0.5, 0.6) is 0 Å². The van der Waals surface area contributed by atoms with Crippen molar-refractivity contribution >= 4 is 7.98 Å². The third kappa shape index (κ3) is 2.44. The van der Waals surface area contributed by atoms with Crippen LogP contribution >= 0.6 is 0 Å². The second-order valence-corrected chi connectivity index (χ2v) is 1.74. The van der Waals surface area contributed by atoms with Crippen LogP contribution in [0.3, 0.4) is 0 Å². The van der Waals surface area contributed by atoms with Crippen molar-refractivity contribution in [1.29, 1.82) is 0 Å². The van der Waals surface area contributed by atoms with Crippen molar-refractivity contribution < 1.29 is 20.3 Å². The molecule has 1 nitrogen and oxygen atoms in total. The summed E-state index contributed by atoms with van der Waals surface area (Å²) in [7, 11) is 5.37. The monoisotopic (exact) mass is 89.1 g/mol. The van der Waals surface area contributed by atoms with Gasteiger partial charge in [-0.3, -0.25) is 0 Å². The Morgan fingerprint density at radius 2 is 1.71 bits per heavy atom. The number of nitrogens with zero attached hydrogens (tertiary/aromatic N) is 1. The van der Waals surface area contributed by atoms with Gasteiger partial charge >= 0.3 is 18.9 Å². The quantitative estimate of drug-likeness (QED) is 0.291. The molecule has 0 aromatic carbocycles. The molecule has 0 bridgehead atoms. The van der Waals surface area contributed by atoms with Gasteiger partial charge in [-0.25, -0.2) is 0 Å². The summed E-state index contributed by atoms with van der Waals surface area (Å²) in [4.78, 5) is 1.86. The van der Waals surface area contributed by atoms with Gasteiger partial charge in [-0.2, -0.15) is 0 Å². The van der Waals surface area contributed by atoms with Crippen molar-refractivity contribution in [3.05, 3.63) is 0 Å². The third-order valence-electron chi connectivity index (χ3n) is 1.14. The van der Waals surface area contributed by atoms with E-state index in [1.807, 2.05) is 4.81 Å². The Labute approximate surface area is 59.5 Å². The van der Waals surface area contributed by atoms with E-state index in [2.05, 4.69) is 0 Å². The SMILES string of the molecule is [B]N1CCCC1.[H-].[Li+]. The van der Waals surface area contributed by atoms with Crippen LogP contribution in [0.15, 0.2) is 0 Å². The van der Waals surface area contributed by atoms with Gasteiger partial charge < -0.3 is 6.24 Å². The molecule has 0 N–H and O–H groups in total. The van der Waals surface area contributed by atoms with E-state index in [1.54, 1.807) is 0 Å². The standard InChI is InChI=1S/C4H8BN.Li.H/c5-6-3-1-2-4-6;;/h1-4H2;;/q;+1;-1. The molecule has 3 heteroatoms. The number of hydrogen-bond donors (Lipinski definition) is 0. The molecule has 1 aliphatic heterocycles. The smallest absolute Gasteiger partial charge is 1.00 e. The van der Waals surface area contributed by atoms with E-state index in [9.17, 15) is 0 Å². The van der Waals surface area contributed by atoms with Crippen LogP contribution in [-0.4, -0.2) is 25.9 Å². The summed E-state index contributed by atoms with van der Waals surface area (Å²) in [6.07, 6.45) is 2.58. The Kier molecular flexibility index (Phi) is 3.92. The van der Waals surface area contributed by atoms with E-state index < -0.39 is 0 Å². The van der Waals surface area contributed by atoms with Crippen molar-refractivity contribution in [3.63, 3.8) is 0 Å². The van der Waals surface area contributed by atoms with Gasteiger partial charge in [-0.15, -0.1) is 0 Å². The summed E-state index contributed by atoms with van der Waals surface area (Å²) >= 11 is 0. The Hall–Kier alpha value is 0.622. The van der Waals surface area contributed by atoms with Crippen LogP contribution in [0.25, 0.3) is 0 Å². The van der Waals surface area contributed by atoms with E-state index in [-0.39, 0.29) is 20.3 Å². The minimum atomic E-state index is 0. The first-order valence-electron chi connectivity index (χ1n) is 2.39. The molecule has 0 atom stereocenters. The summed E-state index contributed by atoms with van der Waals surface area (Å²) in [5, 5.41) is 0. The first-order valence-corrected chi connectivity index (χ1v) is 2.39. The van der Waals surface area contributed by atoms with Crippen LogP contribution < -0.4 is 18.9 Å². The fraction of sp³-hybridized carbons (Fsp3) is 1.00. The Bertz CT molecular complexity index is 49.3. The zero-order valence-corrected chi connectivity index (χ0v) is 4.85. The molecule has 1 heterocycles. The van der Waals surface area contributed by atoms with Gasteiger partial charge in [0.1, 0.15) is 0 Å². The molecule has 0 saturated carbocycles. The minimum absolute atomic E-state index is 0. The summed E-state index contributed by atoms with van der Waals surface area (Å²) in [6, 6.07) is 0. The summed E-state index contributed by atoms with van der Waals surface area (Å²) in [5.74, 6) is 0. The van der Waals surface area contributed by atoms with Gasteiger partial charge in [0.2, 0.25) is 0 Å². The van der Waals surface area contributed by atoms with Gasteiger partial charge in [0, 0.05) is 0 Å². The molecular formula is C4H9BLiN. The van der Waals surface area contributed by atoms with Crippen LogP contribution in [0.4, 0.5) is 0 Å². The maximum Gasteiger partial charge on any atom is 1.00 e. The first-order chi connectivity index (χ1) is 2.89. The second kappa shape index (κ2) is 3.60. The largest absolute Gasteiger partial charge is 1.00 e. The molecule has 1 rings (SSSR count). The molecule has 2 radical (unpaired) electrons. The summed E-state index contributed by atoms with van der Waals surface area (Å²) in [5.41, 5.74) is 0. The normalized spacial score (nSPS) is 21.7. The average Bonchev–Trinajstić information content (AvgIpc) is 1.86. The average molecular weight is 88.9 g/mol. The van der Waals surface area contributed by atoms with Gasteiger partial charge in [0.15, 0.2) is 7.98 Å². The van der Waals surface area contributed by atoms with Gasteiger partial charge in [0.05, 0.1) is 0 Å². The van der Waals surface area contributed by atoms with Gasteiger partial charge in [-0.1, -0.05) is 0 Å². The Balaban J connectivity index is 0. The molecule has 1 aliphatic rings. The molecule has 34 valence electrons. The minimum Gasteiger partial charge on any atom is -1.00 e. The number of rotatable bonds is 0. The van der Waals surface area contributed by atoms with Gasteiger partial charge in [-0.05, 0) is 25.9 Å². The maximum atomic E-state index is 5.37. The van der Waals surface area contributed by atoms with E-state index in [4.69, 9.17) is 7.98 Å². The van der Waals surface area contributed by atoms with Crippen molar-refractivity contribution in [2.45, 2.75) is 12.8 Å². The van der Waals surface area contributed by atoms with Crippen LogP contribution in [0.1, 0.15) is 14.3 Å². The van der Waals surface area contributed by atoms with Crippen molar-refractivity contribution in [2.75, 3.05) is 13.1 Å². The fourth-order valence-electron chi connectivity index (χ4n) is 0.742. The molecule has 0 amide bonds. The molecule has 0 spiro atoms. The molecule has 0 aromatic rings. The van der Waals surface area contributed by atoms with Crippen molar-refractivity contribution in [2.24, 2.45) is 0 Å². The molecule has 1 fully saturated rings. The second-order valence-electron chi connectivity index (χ2n) is 1.74. The fourth-order valence-corrected chi connectivity index (χ4v) is 0.742. The first kappa shape index (κ1) is 7.62. The predicted octanol–water partition coefficient (Wildman–Crippen LogP) is -2.72. The molecule has 0 unspecified atom stereocenters. The predicted molar refractivity (Wildman–Crippen MR) is 27.7 cm³/mol. The third-order valence-corrected chi connectivity index (χ3v) is 1.14.